The number of para-hydroxylation sites is 2. The molecular weight excluding hydrogens is 671 g/mol. The molecule has 0 radical (unpaired) electrons. The Morgan fingerprint density at radius 3 is 1.44 bits per heavy atom. The van der Waals surface area contributed by atoms with Crippen molar-refractivity contribution in [1.29, 1.82) is 0 Å². The summed E-state index contributed by atoms with van der Waals surface area (Å²) in [6, 6.07) is 69.3. The fourth-order valence-electron chi connectivity index (χ4n) is 7.40. The molecular formula is C51H33N3O. The van der Waals surface area contributed by atoms with Crippen LogP contribution in [0.4, 0.5) is 0 Å². The first-order chi connectivity index (χ1) is 27.2. The molecule has 0 aliphatic rings. The van der Waals surface area contributed by atoms with E-state index in [9.17, 15) is 0 Å². The van der Waals surface area contributed by atoms with Gasteiger partial charge in [-0.1, -0.05) is 188 Å². The first-order valence-corrected chi connectivity index (χ1v) is 18.4. The molecule has 258 valence electrons. The summed E-state index contributed by atoms with van der Waals surface area (Å²) in [6.45, 7) is 0. The molecule has 0 saturated heterocycles. The van der Waals surface area contributed by atoms with Crippen molar-refractivity contribution in [3.05, 3.63) is 200 Å². The molecule has 0 aliphatic carbocycles. The van der Waals surface area contributed by atoms with E-state index in [0.717, 1.165) is 83.1 Å². The zero-order valence-electron chi connectivity index (χ0n) is 29.8. The first-order valence-electron chi connectivity index (χ1n) is 18.4. The number of aromatic nitrogens is 3. The third-order valence-corrected chi connectivity index (χ3v) is 10.2. The minimum absolute atomic E-state index is 0.631. The van der Waals surface area contributed by atoms with Gasteiger partial charge in [0.25, 0.3) is 0 Å². The Balaban J connectivity index is 0.961. The molecule has 2 aromatic heterocycles. The summed E-state index contributed by atoms with van der Waals surface area (Å²) in [6.07, 6.45) is 0. The van der Waals surface area contributed by atoms with Crippen LogP contribution in [0.1, 0.15) is 0 Å². The van der Waals surface area contributed by atoms with Crippen LogP contribution in [0.15, 0.2) is 205 Å². The molecule has 4 nitrogen and oxygen atoms in total. The molecule has 4 heteroatoms. The molecule has 10 aromatic rings. The molecule has 0 atom stereocenters. The van der Waals surface area contributed by atoms with Gasteiger partial charge in [0, 0.05) is 33.0 Å². The maximum absolute atomic E-state index is 6.35. The highest BCUT2D eigenvalue weighted by atomic mass is 16.3. The van der Waals surface area contributed by atoms with Crippen molar-refractivity contribution < 1.29 is 4.42 Å². The molecule has 0 spiro atoms. The van der Waals surface area contributed by atoms with Gasteiger partial charge in [0.15, 0.2) is 17.5 Å². The second-order valence-electron chi connectivity index (χ2n) is 13.6. The molecule has 10 rings (SSSR count). The van der Waals surface area contributed by atoms with Gasteiger partial charge in [0.05, 0.1) is 0 Å². The van der Waals surface area contributed by atoms with Gasteiger partial charge in [-0.15, -0.1) is 0 Å². The van der Waals surface area contributed by atoms with Gasteiger partial charge in [0.1, 0.15) is 11.2 Å². The topological polar surface area (TPSA) is 51.8 Å². The summed E-state index contributed by atoms with van der Waals surface area (Å²) in [4.78, 5) is 15.0. The summed E-state index contributed by atoms with van der Waals surface area (Å²) in [5.74, 6) is 1.91. The number of hydrogen-bond acceptors (Lipinski definition) is 4. The monoisotopic (exact) mass is 703 g/mol. The van der Waals surface area contributed by atoms with Crippen LogP contribution in [-0.4, -0.2) is 15.0 Å². The minimum Gasteiger partial charge on any atom is -0.455 e. The summed E-state index contributed by atoms with van der Waals surface area (Å²) in [7, 11) is 0. The average molecular weight is 704 g/mol. The Morgan fingerprint density at radius 2 is 0.727 bits per heavy atom. The van der Waals surface area contributed by atoms with Gasteiger partial charge in [-0.2, -0.15) is 0 Å². The molecule has 0 fully saturated rings. The van der Waals surface area contributed by atoms with Crippen molar-refractivity contribution in [2.45, 2.75) is 0 Å². The number of furan rings is 1. The third-order valence-electron chi connectivity index (χ3n) is 10.2. The molecule has 0 bridgehead atoms. The van der Waals surface area contributed by atoms with Gasteiger partial charge in [0.2, 0.25) is 0 Å². The first kappa shape index (κ1) is 32.2. The van der Waals surface area contributed by atoms with E-state index >= 15 is 0 Å². The molecule has 0 amide bonds. The molecule has 8 aromatic carbocycles. The number of rotatable bonds is 7. The van der Waals surface area contributed by atoms with E-state index in [1.54, 1.807) is 0 Å². The van der Waals surface area contributed by atoms with Crippen LogP contribution in [0.3, 0.4) is 0 Å². The van der Waals surface area contributed by atoms with Crippen molar-refractivity contribution in [1.82, 2.24) is 15.0 Å². The van der Waals surface area contributed by atoms with Crippen LogP contribution in [0.25, 0.3) is 101 Å². The Labute approximate surface area is 319 Å². The Bertz CT molecular complexity index is 2950. The van der Waals surface area contributed by atoms with Crippen LogP contribution in [-0.2, 0) is 0 Å². The summed E-state index contributed by atoms with van der Waals surface area (Å²) in [5.41, 5.74) is 13.6. The average Bonchev–Trinajstić information content (AvgIpc) is 3.66. The van der Waals surface area contributed by atoms with Crippen molar-refractivity contribution >= 4 is 21.9 Å². The van der Waals surface area contributed by atoms with Crippen LogP contribution < -0.4 is 0 Å². The minimum atomic E-state index is 0.631. The van der Waals surface area contributed by atoms with E-state index in [1.165, 1.54) is 0 Å². The van der Waals surface area contributed by atoms with Crippen LogP contribution >= 0.6 is 0 Å². The maximum atomic E-state index is 6.35. The fraction of sp³-hybridized carbons (Fsp3) is 0. The van der Waals surface area contributed by atoms with Gasteiger partial charge in [-0.3, -0.25) is 0 Å². The standard InChI is InChI=1S/C51H33N3O/c1-3-13-37(14-4-1)42-19-7-8-21-46(42)51-53-49(38-15-5-2-6-16-38)52-50(54-51)39-31-29-35(30-32-39)34-25-27-36(28-26-34)40-17-11-18-41(33-40)43-22-12-23-45-44-20-9-10-24-47(44)55-48(43)45/h1-33H. The molecule has 0 N–H and O–H groups in total. The van der Waals surface area contributed by atoms with Gasteiger partial charge in [-0.05, 0) is 51.1 Å². The number of nitrogens with zero attached hydrogens (tertiary/aromatic N) is 3. The number of hydrogen-bond donors (Lipinski definition) is 0. The zero-order valence-corrected chi connectivity index (χ0v) is 29.8. The summed E-state index contributed by atoms with van der Waals surface area (Å²) >= 11 is 0. The smallest absolute Gasteiger partial charge is 0.164 e. The van der Waals surface area contributed by atoms with E-state index < -0.39 is 0 Å². The van der Waals surface area contributed by atoms with Gasteiger partial charge >= 0.3 is 0 Å². The van der Waals surface area contributed by atoms with Crippen molar-refractivity contribution in [3.63, 3.8) is 0 Å². The zero-order chi connectivity index (χ0) is 36.6. The molecule has 2 heterocycles. The van der Waals surface area contributed by atoms with Crippen molar-refractivity contribution in [3.8, 4) is 78.7 Å². The van der Waals surface area contributed by atoms with Gasteiger partial charge in [-0.25, -0.2) is 15.0 Å². The normalized spacial score (nSPS) is 11.3. The molecule has 0 saturated carbocycles. The second kappa shape index (κ2) is 13.8. The highest BCUT2D eigenvalue weighted by Crippen LogP contribution is 2.38. The third kappa shape index (κ3) is 6.16. The highest BCUT2D eigenvalue weighted by Gasteiger charge is 2.16. The molecule has 0 aliphatic heterocycles. The van der Waals surface area contributed by atoms with E-state index in [4.69, 9.17) is 19.4 Å². The highest BCUT2D eigenvalue weighted by molar-refractivity contribution is 6.09. The van der Waals surface area contributed by atoms with Crippen molar-refractivity contribution in [2.24, 2.45) is 0 Å². The van der Waals surface area contributed by atoms with Crippen LogP contribution in [0, 0.1) is 0 Å². The Kier molecular flexibility index (Phi) is 8.12. The summed E-state index contributed by atoms with van der Waals surface area (Å²) in [5, 5.41) is 2.27. The van der Waals surface area contributed by atoms with Gasteiger partial charge < -0.3 is 4.42 Å². The quantitative estimate of drug-likeness (QED) is 0.166. The SMILES string of the molecule is c1ccc(-c2nc(-c3ccc(-c4ccc(-c5cccc(-c6cccc7c6oc6ccccc67)c5)cc4)cc3)nc(-c3ccccc3-c3ccccc3)n2)cc1. The lowest BCUT2D eigenvalue weighted by Gasteiger charge is -2.12. The summed E-state index contributed by atoms with van der Waals surface area (Å²) < 4.78 is 6.35. The van der Waals surface area contributed by atoms with Crippen LogP contribution in [0.5, 0.6) is 0 Å². The Morgan fingerprint density at radius 1 is 0.273 bits per heavy atom. The Hall–Kier alpha value is -7.43. The lowest BCUT2D eigenvalue weighted by atomic mass is 9.96. The van der Waals surface area contributed by atoms with E-state index in [1.807, 2.05) is 54.6 Å². The van der Waals surface area contributed by atoms with Crippen molar-refractivity contribution in [2.75, 3.05) is 0 Å². The number of benzene rings is 8. The lowest BCUT2D eigenvalue weighted by molar-refractivity contribution is 0.670. The van der Waals surface area contributed by atoms with E-state index in [2.05, 4.69) is 146 Å². The molecule has 0 unspecified atom stereocenters. The second-order valence-corrected chi connectivity index (χ2v) is 13.6. The predicted molar refractivity (Wildman–Crippen MR) is 225 cm³/mol. The molecule has 55 heavy (non-hydrogen) atoms. The predicted octanol–water partition coefficient (Wildman–Crippen LogP) is 13.4. The lowest BCUT2D eigenvalue weighted by Crippen LogP contribution is -2.01. The van der Waals surface area contributed by atoms with Crippen LogP contribution in [0.2, 0.25) is 0 Å². The maximum Gasteiger partial charge on any atom is 0.164 e. The van der Waals surface area contributed by atoms with E-state index in [-0.39, 0.29) is 0 Å². The fourth-order valence-corrected chi connectivity index (χ4v) is 7.40. The number of fused-ring (bicyclic) bond motifs is 3. The largest absolute Gasteiger partial charge is 0.455 e. The van der Waals surface area contributed by atoms with E-state index in [0.29, 0.717) is 17.5 Å².